The van der Waals surface area contributed by atoms with E-state index in [1.807, 2.05) is 25.1 Å². The summed E-state index contributed by atoms with van der Waals surface area (Å²) in [6.07, 6.45) is 3.39. The van der Waals surface area contributed by atoms with Crippen molar-refractivity contribution in [1.29, 1.82) is 0 Å². The average molecular weight is 322 g/mol. The standard InChI is InChI=1S/C15H22N4O4/c1-2-20-7-8-21-9-10-22-11-12-23-19-13-15(17-18-19)14-5-3-4-6-16-14/h3-6,13H,2,7-12H2,1H3. The van der Waals surface area contributed by atoms with Crippen molar-refractivity contribution in [2.75, 3.05) is 46.2 Å². The molecule has 8 heteroatoms. The molecule has 8 nitrogen and oxygen atoms in total. The normalized spacial score (nSPS) is 10.8. The minimum Gasteiger partial charge on any atom is -0.393 e. The van der Waals surface area contributed by atoms with Crippen LogP contribution in [0.5, 0.6) is 0 Å². The van der Waals surface area contributed by atoms with Crippen molar-refractivity contribution >= 4 is 0 Å². The van der Waals surface area contributed by atoms with Crippen LogP contribution in [0.1, 0.15) is 6.92 Å². The maximum Gasteiger partial charge on any atom is 0.140 e. The van der Waals surface area contributed by atoms with Crippen LogP contribution in [0.2, 0.25) is 0 Å². The Hall–Kier alpha value is -2.03. The summed E-state index contributed by atoms with van der Waals surface area (Å²) in [7, 11) is 0. The molecule has 23 heavy (non-hydrogen) atoms. The lowest BCUT2D eigenvalue weighted by Gasteiger charge is -2.06. The highest BCUT2D eigenvalue weighted by Gasteiger charge is 2.04. The van der Waals surface area contributed by atoms with Crippen LogP contribution in [0, 0.1) is 0 Å². The monoisotopic (exact) mass is 322 g/mol. The minimum absolute atomic E-state index is 0.379. The van der Waals surface area contributed by atoms with Gasteiger partial charge in [-0.15, -0.1) is 5.10 Å². The molecule has 0 unspecified atom stereocenters. The van der Waals surface area contributed by atoms with Crippen LogP contribution in [0.25, 0.3) is 11.4 Å². The third-order valence-corrected chi connectivity index (χ3v) is 2.80. The lowest BCUT2D eigenvalue weighted by atomic mass is 10.3. The van der Waals surface area contributed by atoms with Crippen LogP contribution in [0.3, 0.4) is 0 Å². The van der Waals surface area contributed by atoms with Crippen molar-refractivity contribution in [3.8, 4) is 11.4 Å². The molecular formula is C15H22N4O4. The van der Waals surface area contributed by atoms with E-state index in [-0.39, 0.29) is 0 Å². The maximum atomic E-state index is 5.40. The van der Waals surface area contributed by atoms with E-state index in [2.05, 4.69) is 15.3 Å². The van der Waals surface area contributed by atoms with Crippen molar-refractivity contribution in [3.05, 3.63) is 30.6 Å². The number of nitrogens with zero attached hydrogens (tertiary/aromatic N) is 4. The molecule has 0 saturated heterocycles. The van der Waals surface area contributed by atoms with Gasteiger partial charge >= 0.3 is 0 Å². The molecule has 0 radical (unpaired) electrons. The molecule has 0 aromatic carbocycles. The highest BCUT2D eigenvalue weighted by Crippen LogP contribution is 2.10. The highest BCUT2D eigenvalue weighted by molar-refractivity contribution is 5.51. The Labute approximate surface area is 135 Å². The van der Waals surface area contributed by atoms with Gasteiger partial charge in [-0.3, -0.25) is 4.98 Å². The number of pyridine rings is 1. The van der Waals surface area contributed by atoms with Gasteiger partial charge in [0, 0.05) is 12.8 Å². The Balaban J connectivity index is 1.53. The molecule has 0 bridgehead atoms. The second kappa shape index (κ2) is 10.7. The third-order valence-electron chi connectivity index (χ3n) is 2.80. The maximum absolute atomic E-state index is 5.40. The lowest BCUT2D eigenvalue weighted by Crippen LogP contribution is -2.18. The Bertz CT molecular complexity index is 535. The molecule has 0 saturated carbocycles. The van der Waals surface area contributed by atoms with Gasteiger partial charge in [-0.05, 0) is 24.3 Å². The van der Waals surface area contributed by atoms with Crippen LogP contribution in [-0.4, -0.2) is 66.4 Å². The van der Waals surface area contributed by atoms with Gasteiger partial charge in [0.25, 0.3) is 0 Å². The van der Waals surface area contributed by atoms with Crippen LogP contribution in [0.15, 0.2) is 30.6 Å². The third kappa shape index (κ3) is 6.72. The van der Waals surface area contributed by atoms with E-state index >= 15 is 0 Å². The molecule has 0 aliphatic rings. The first-order valence-corrected chi connectivity index (χ1v) is 7.60. The lowest BCUT2D eigenvalue weighted by molar-refractivity contribution is -0.00915. The zero-order valence-electron chi connectivity index (χ0n) is 13.3. The molecule has 126 valence electrons. The zero-order valence-corrected chi connectivity index (χ0v) is 13.3. The van der Waals surface area contributed by atoms with Crippen molar-refractivity contribution in [1.82, 2.24) is 20.1 Å². The summed E-state index contributed by atoms with van der Waals surface area (Å²) in [5.41, 5.74) is 1.41. The Kier molecular flexibility index (Phi) is 8.03. The summed E-state index contributed by atoms with van der Waals surface area (Å²) in [5, 5.41) is 7.88. The molecule has 2 rings (SSSR count). The SMILES string of the molecule is CCOCCOCCOCCOn1cc(-c2ccccn2)nn1. The number of hydrogen-bond donors (Lipinski definition) is 0. The van der Waals surface area contributed by atoms with Crippen molar-refractivity contribution in [2.24, 2.45) is 0 Å². The summed E-state index contributed by atoms with van der Waals surface area (Å²) in [6, 6.07) is 5.61. The number of hydrogen-bond acceptors (Lipinski definition) is 7. The largest absolute Gasteiger partial charge is 0.393 e. The van der Waals surface area contributed by atoms with Crippen LogP contribution in [0.4, 0.5) is 0 Å². The van der Waals surface area contributed by atoms with Gasteiger partial charge in [-0.1, -0.05) is 10.9 Å². The molecule has 0 N–H and O–H groups in total. The van der Waals surface area contributed by atoms with Gasteiger partial charge in [0.05, 0.1) is 44.9 Å². The molecular weight excluding hydrogens is 300 g/mol. The first-order valence-electron chi connectivity index (χ1n) is 7.60. The molecule has 0 spiro atoms. The molecule has 2 aromatic heterocycles. The average Bonchev–Trinajstić information content (AvgIpc) is 3.06. The molecule has 0 fully saturated rings. The summed E-state index contributed by atoms with van der Waals surface area (Å²) in [5.74, 6) is 0. The number of aromatic nitrogens is 4. The van der Waals surface area contributed by atoms with Gasteiger partial charge in [0.1, 0.15) is 12.3 Å². The summed E-state index contributed by atoms with van der Waals surface area (Å²) < 4.78 is 15.9. The second-order valence-corrected chi connectivity index (χ2v) is 4.48. The fraction of sp³-hybridized carbons (Fsp3) is 0.533. The van der Waals surface area contributed by atoms with Gasteiger partial charge in [-0.25, -0.2) is 0 Å². The molecule has 0 aliphatic heterocycles. The van der Waals surface area contributed by atoms with Gasteiger partial charge in [-0.2, -0.15) is 0 Å². The topological polar surface area (TPSA) is 80.5 Å². The van der Waals surface area contributed by atoms with E-state index in [4.69, 9.17) is 19.0 Å². The quantitative estimate of drug-likeness (QED) is 0.536. The summed E-state index contributed by atoms with van der Waals surface area (Å²) >= 11 is 0. The zero-order chi connectivity index (χ0) is 16.2. The van der Waals surface area contributed by atoms with Crippen LogP contribution < -0.4 is 4.84 Å². The first kappa shape index (κ1) is 17.3. The van der Waals surface area contributed by atoms with Crippen molar-refractivity contribution < 1.29 is 19.0 Å². The van der Waals surface area contributed by atoms with E-state index < -0.39 is 0 Å². The van der Waals surface area contributed by atoms with E-state index in [9.17, 15) is 0 Å². The van der Waals surface area contributed by atoms with E-state index in [1.54, 1.807) is 12.4 Å². The predicted molar refractivity (Wildman–Crippen MR) is 82.8 cm³/mol. The van der Waals surface area contributed by atoms with Gasteiger partial charge in [0.15, 0.2) is 0 Å². The smallest absolute Gasteiger partial charge is 0.140 e. The van der Waals surface area contributed by atoms with E-state index in [0.717, 1.165) is 5.69 Å². The predicted octanol–water partition coefficient (Wildman–Crippen LogP) is 0.838. The number of rotatable bonds is 12. The van der Waals surface area contributed by atoms with Crippen LogP contribution >= 0.6 is 0 Å². The minimum atomic E-state index is 0.379. The molecule has 0 aliphatic carbocycles. The van der Waals surface area contributed by atoms with E-state index in [1.165, 1.54) is 4.85 Å². The molecule has 0 atom stereocenters. The summed E-state index contributed by atoms with van der Waals surface area (Å²) in [4.78, 5) is 10.9. The molecule has 2 aromatic rings. The van der Waals surface area contributed by atoms with Gasteiger partial charge in [0.2, 0.25) is 0 Å². The van der Waals surface area contributed by atoms with Gasteiger partial charge < -0.3 is 19.0 Å². The van der Waals surface area contributed by atoms with Crippen molar-refractivity contribution in [3.63, 3.8) is 0 Å². The highest BCUT2D eigenvalue weighted by atomic mass is 16.7. The fourth-order valence-corrected chi connectivity index (χ4v) is 1.72. The number of ether oxygens (including phenoxy) is 3. The fourth-order valence-electron chi connectivity index (χ4n) is 1.72. The summed E-state index contributed by atoms with van der Waals surface area (Å²) in [6.45, 7) is 5.76. The Morgan fingerprint density at radius 2 is 1.65 bits per heavy atom. The molecule has 2 heterocycles. The van der Waals surface area contributed by atoms with Crippen LogP contribution in [-0.2, 0) is 14.2 Å². The molecule has 0 amide bonds. The van der Waals surface area contributed by atoms with Crippen molar-refractivity contribution in [2.45, 2.75) is 6.92 Å². The first-order chi connectivity index (χ1) is 11.4. The van der Waals surface area contributed by atoms with E-state index in [0.29, 0.717) is 51.9 Å². The Morgan fingerprint density at radius 3 is 2.35 bits per heavy atom. The second-order valence-electron chi connectivity index (χ2n) is 4.48. The Morgan fingerprint density at radius 1 is 0.913 bits per heavy atom.